The van der Waals surface area contributed by atoms with Gasteiger partial charge >= 0.3 is 0 Å². The van der Waals surface area contributed by atoms with Gasteiger partial charge in [-0.2, -0.15) is 0 Å². The van der Waals surface area contributed by atoms with Crippen LogP contribution >= 0.6 is 11.3 Å². The average molecular weight is 385 g/mol. The van der Waals surface area contributed by atoms with Crippen molar-refractivity contribution in [2.24, 2.45) is 0 Å². The molecule has 0 amide bonds. The second kappa shape index (κ2) is 8.90. The highest BCUT2D eigenvalue weighted by Gasteiger charge is 2.06. The van der Waals surface area contributed by atoms with Gasteiger partial charge in [0.25, 0.3) is 0 Å². The Morgan fingerprint density at radius 2 is 1.71 bits per heavy atom. The molecule has 0 saturated carbocycles. The van der Waals surface area contributed by atoms with Crippen molar-refractivity contribution in [3.63, 3.8) is 0 Å². The first kappa shape index (κ1) is 18.5. The Morgan fingerprint density at radius 1 is 0.857 bits per heavy atom. The molecule has 0 radical (unpaired) electrons. The predicted molar refractivity (Wildman–Crippen MR) is 121 cm³/mol. The average Bonchev–Trinajstić information content (AvgIpc) is 3.23. The summed E-state index contributed by atoms with van der Waals surface area (Å²) >= 11 is 1.80. The van der Waals surface area contributed by atoms with Gasteiger partial charge in [-0.1, -0.05) is 72.8 Å². The summed E-state index contributed by atoms with van der Waals surface area (Å²) in [7, 11) is 0. The molecule has 0 atom stereocenters. The number of thiophene rings is 1. The lowest BCUT2D eigenvalue weighted by Gasteiger charge is -2.12. The summed E-state index contributed by atoms with van der Waals surface area (Å²) in [5, 5.41) is 4.70. The van der Waals surface area contributed by atoms with Gasteiger partial charge in [0.05, 0.1) is 6.61 Å². The molecule has 0 N–H and O–H groups in total. The van der Waals surface area contributed by atoms with Crippen LogP contribution in [0.4, 0.5) is 0 Å². The summed E-state index contributed by atoms with van der Waals surface area (Å²) in [5.74, 6) is 0.966. The quantitative estimate of drug-likeness (QED) is 0.329. The molecule has 0 fully saturated rings. The topological polar surface area (TPSA) is 9.23 Å². The van der Waals surface area contributed by atoms with Crippen LogP contribution in [0.15, 0.2) is 84.3 Å². The van der Waals surface area contributed by atoms with Crippen molar-refractivity contribution in [1.29, 1.82) is 0 Å². The van der Waals surface area contributed by atoms with Gasteiger partial charge in [0.1, 0.15) is 5.75 Å². The van der Waals surface area contributed by atoms with E-state index in [1.165, 1.54) is 26.8 Å². The summed E-state index contributed by atoms with van der Waals surface area (Å²) in [4.78, 5) is 1.38. The summed E-state index contributed by atoms with van der Waals surface area (Å²) in [5.41, 5.74) is 3.73. The third kappa shape index (κ3) is 4.52. The highest BCUT2D eigenvalue weighted by Crippen LogP contribution is 2.25. The van der Waals surface area contributed by atoms with Crippen LogP contribution in [0.1, 0.15) is 28.5 Å². The van der Waals surface area contributed by atoms with Crippen LogP contribution in [0.25, 0.3) is 16.8 Å². The second-order valence-electron chi connectivity index (χ2n) is 6.91. The normalized spacial score (nSPS) is 11.3. The lowest BCUT2D eigenvalue weighted by Crippen LogP contribution is -2.03. The predicted octanol–water partition coefficient (Wildman–Crippen LogP) is 7.15. The third-order valence-corrected chi connectivity index (χ3v) is 5.72. The van der Waals surface area contributed by atoms with E-state index < -0.39 is 0 Å². The van der Waals surface area contributed by atoms with E-state index >= 15 is 0 Å². The van der Waals surface area contributed by atoms with Gasteiger partial charge in [-0.3, -0.25) is 0 Å². The Hall–Kier alpha value is -2.84. The van der Waals surface area contributed by atoms with Crippen molar-refractivity contribution in [1.82, 2.24) is 0 Å². The summed E-state index contributed by atoms with van der Waals surface area (Å²) < 4.78 is 6.22. The standard InChI is InChI=1S/C26H24OS/c1-2-6-23-13-11-21(18-25-9-5-16-28-25)19-26(23)27-15-14-20-10-12-22-7-3-4-8-24(22)17-20/h2-13,16-17,19H,14-15,18H2,1H3/b6-2+. The van der Waals surface area contributed by atoms with Gasteiger partial charge in [-0.15, -0.1) is 11.3 Å². The monoisotopic (exact) mass is 384 g/mol. The number of hydrogen-bond acceptors (Lipinski definition) is 2. The molecule has 2 heteroatoms. The fourth-order valence-corrected chi connectivity index (χ4v) is 4.16. The molecule has 0 aliphatic carbocycles. The number of ether oxygens (including phenoxy) is 1. The summed E-state index contributed by atoms with van der Waals surface area (Å²) in [6.07, 6.45) is 6.02. The molecule has 1 nitrogen and oxygen atoms in total. The van der Waals surface area contributed by atoms with E-state index in [4.69, 9.17) is 4.74 Å². The van der Waals surface area contributed by atoms with E-state index in [1.807, 2.05) is 6.92 Å². The SMILES string of the molecule is C/C=C/c1ccc(Cc2cccs2)cc1OCCc1ccc2ccccc2c1. The first-order valence-corrected chi connectivity index (χ1v) is 10.6. The van der Waals surface area contributed by atoms with Crippen molar-refractivity contribution in [3.8, 4) is 5.75 Å². The van der Waals surface area contributed by atoms with Gasteiger partial charge in [-0.05, 0) is 46.3 Å². The molecule has 0 bridgehead atoms. The highest BCUT2D eigenvalue weighted by atomic mass is 32.1. The van der Waals surface area contributed by atoms with Gasteiger partial charge < -0.3 is 4.74 Å². The number of allylic oxidation sites excluding steroid dienone is 1. The summed E-state index contributed by atoms with van der Waals surface area (Å²) in [6.45, 7) is 2.71. The number of hydrogen-bond donors (Lipinski definition) is 0. The van der Waals surface area contributed by atoms with E-state index in [9.17, 15) is 0 Å². The van der Waals surface area contributed by atoms with Crippen molar-refractivity contribution in [2.45, 2.75) is 19.8 Å². The largest absolute Gasteiger partial charge is 0.493 e. The van der Waals surface area contributed by atoms with Crippen LogP contribution in [0.5, 0.6) is 5.75 Å². The van der Waals surface area contributed by atoms with Crippen LogP contribution in [0, 0.1) is 0 Å². The Morgan fingerprint density at radius 3 is 2.54 bits per heavy atom. The molecule has 3 aromatic carbocycles. The first-order valence-electron chi connectivity index (χ1n) is 9.70. The van der Waals surface area contributed by atoms with E-state index in [0.717, 1.165) is 24.2 Å². The van der Waals surface area contributed by atoms with Crippen molar-refractivity contribution >= 4 is 28.2 Å². The molecule has 4 rings (SSSR count). The molecule has 0 spiro atoms. The fourth-order valence-electron chi connectivity index (χ4n) is 3.42. The minimum atomic E-state index is 0.672. The van der Waals surface area contributed by atoms with E-state index in [2.05, 4.69) is 90.3 Å². The number of rotatable bonds is 7. The van der Waals surface area contributed by atoms with E-state index in [1.54, 1.807) is 11.3 Å². The lowest BCUT2D eigenvalue weighted by molar-refractivity contribution is 0.321. The van der Waals surface area contributed by atoms with E-state index in [-0.39, 0.29) is 0 Å². The molecule has 140 valence electrons. The van der Waals surface area contributed by atoms with Crippen molar-refractivity contribution in [2.75, 3.05) is 6.61 Å². The maximum absolute atomic E-state index is 6.22. The lowest BCUT2D eigenvalue weighted by atomic mass is 10.1. The zero-order valence-electron chi connectivity index (χ0n) is 16.1. The first-order chi connectivity index (χ1) is 13.8. The molecular formula is C26H24OS. The molecule has 4 aromatic rings. The zero-order chi connectivity index (χ0) is 19.2. The fraction of sp³-hybridized carbons (Fsp3) is 0.154. The summed E-state index contributed by atoms with van der Waals surface area (Å²) in [6, 6.07) is 26.0. The minimum absolute atomic E-state index is 0.672. The molecule has 1 heterocycles. The minimum Gasteiger partial charge on any atom is -0.493 e. The number of fused-ring (bicyclic) bond motifs is 1. The van der Waals surface area contributed by atoms with Crippen LogP contribution < -0.4 is 4.74 Å². The maximum Gasteiger partial charge on any atom is 0.126 e. The van der Waals surface area contributed by atoms with E-state index in [0.29, 0.717) is 6.61 Å². The van der Waals surface area contributed by atoms with Crippen molar-refractivity contribution < 1.29 is 4.74 Å². The molecule has 0 aliphatic heterocycles. The second-order valence-corrected chi connectivity index (χ2v) is 7.94. The highest BCUT2D eigenvalue weighted by molar-refractivity contribution is 7.09. The Bertz CT molecular complexity index is 1080. The molecule has 1 aromatic heterocycles. The van der Waals surface area contributed by atoms with Crippen LogP contribution in [-0.2, 0) is 12.8 Å². The van der Waals surface area contributed by atoms with Gasteiger partial charge in [-0.25, -0.2) is 0 Å². The van der Waals surface area contributed by atoms with Crippen LogP contribution in [-0.4, -0.2) is 6.61 Å². The third-order valence-electron chi connectivity index (χ3n) is 4.84. The van der Waals surface area contributed by atoms with Crippen molar-refractivity contribution in [3.05, 3.63) is 106 Å². The molecule has 0 aliphatic rings. The zero-order valence-corrected chi connectivity index (χ0v) is 16.9. The molecule has 28 heavy (non-hydrogen) atoms. The molecule has 0 unspecified atom stereocenters. The smallest absolute Gasteiger partial charge is 0.126 e. The maximum atomic E-state index is 6.22. The van der Waals surface area contributed by atoms with Gasteiger partial charge in [0.2, 0.25) is 0 Å². The van der Waals surface area contributed by atoms with Crippen LogP contribution in [0.3, 0.4) is 0 Å². The van der Waals surface area contributed by atoms with Gasteiger partial charge in [0, 0.05) is 23.3 Å². The Balaban J connectivity index is 1.47. The molecular weight excluding hydrogens is 360 g/mol. The van der Waals surface area contributed by atoms with Crippen LogP contribution in [0.2, 0.25) is 0 Å². The van der Waals surface area contributed by atoms with Gasteiger partial charge in [0.15, 0.2) is 0 Å². The Kier molecular flexibility index (Phi) is 5.89. The molecule has 0 saturated heterocycles. The Labute approximate surface area is 170 Å². The number of benzene rings is 3.